The number of para-hydroxylation sites is 3. The van der Waals surface area contributed by atoms with Gasteiger partial charge in [0.1, 0.15) is 0 Å². The molecule has 5 aromatic rings. The van der Waals surface area contributed by atoms with Gasteiger partial charge in [-0.1, -0.05) is 78.9 Å². The molecule has 0 saturated heterocycles. The summed E-state index contributed by atoms with van der Waals surface area (Å²) in [5, 5.41) is 6.43. The number of nitrogens with one attached hydrogen (secondary N) is 2. The zero-order valence-electron chi connectivity index (χ0n) is 17.8. The standard InChI is InChI=1S/C28H22N4O/c33-27(22-14-6-2-7-15-22)29-24-18-10-11-19-25(24)30-28-31-26(21-12-4-1-5-13-21)20-32(28)23-16-8-3-9-17-23/h1-20H,(H,29,33)(H,30,31). The van der Waals surface area contributed by atoms with E-state index in [1.165, 1.54) is 0 Å². The summed E-state index contributed by atoms with van der Waals surface area (Å²) in [6, 6.07) is 36.9. The van der Waals surface area contributed by atoms with Crippen molar-refractivity contribution in [1.82, 2.24) is 9.55 Å². The fraction of sp³-hybridized carbons (Fsp3) is 0. The third-order valence-corrected chi connectivity index (χ3v) is 5.27. The van der Waals surface area contributed by atoms with Gasteiger partial charge in [-0.2, -0.15) is 0 Å². The summed E-state index contributed by atoms with van der Waals surface area (Å²) in [4.78, 5) is 17.6. The van der Waals surface area contributed by atoms with Crippen molar-refractivity contribution in [2.24, 2.45) is 0 Å². The molecule has 0 aliphatic carbocycles. The van der Waals surface area contributed by atoms with Crippen LogP contribution in [0.2, 0.25) is 0 Å². The minimum absolute atomic E-state index is 0.166. The Labute approximate surface area is 192 Å². The van der Waals surface area contributed by atoms with Crippen molar-refractivity contribution in [1.29, 1.82) is 0 Å². The van der Waals surface area contributed by atoms with Crippen LogP contribution in [0.5, 0.6) is 0 Å². The summed E-state index contributed by atoms with van der Waals surface area (Å²) in [5.74, 6) is 0.489. The Balaban J connectivity index is 1.51. The number of rotatable bonds is 6. The van der Waals surface area contributed by atoms with Gasteiger partial charge in [0, 0.05) is 23.0 Å². The Morgan fingerprint density at radius 1 is 0.667 bits per heavy atom. The molecular weight excluding hydrogens is 408 g/mol. The lowest BCUT2D eigenvalue weighted by molar-refractivity contribution is 0.102. The maximum Gasteiger partial charge on any atom is 0.255 e. The Morgan fingerprint density at radius 2 is 1.24 bits per heavy atom. The number of aromatic nitrogens is 2. The number of benzene rings is 4. The summed E-state index contributed by atoms with van der Waals surface area (Å²) >= 11 is 0. The molecule has 0 radical (unpaired) electrons. The largest absolute Gasteiger partial charge is 0.323 e. The molecule has 160 valence electrons. The number of carbonyl (C=O) groups is 1. The van der Waals surface area contributed by atoms with Crippen molar-refractivity contribution in [3.63, 3.8) is 0 Å². The van der Waals surface area contributed by atoms with Gasteiger partial charge in [-0.25, -0.2) is 4.98 Å². The van der Waals surface area contributed by atoms with Crippen molar-refractivity contribution >= 4 is 23.2 Å². The van der Waals surface area contributed by atoms with Crippen LogP contribution in [0, 0.1) is 0 Å². The molecule has 0 aliphatic rings. The second-order valence-corrected chi connectivity index (χ2v) is 7.51. The van der Waals surface area contributed by atoms with Gasteiger partial charge in [0.05, 0.1) is 17.1 Å². The third-order valence-electron chi connectivity index (χ3n) is 5.27. The first-order valence-electron chi connectivity index (χ1n) is 10.7. The minimum atomic E-state index is -0.166. The molecule has 0 saturated carbocycles. The molecule has 0 unspecified atom stereocenters. The number of amides is 1. The second-order valence-electron chi connectivity index (χ2n) is 7.51. The van der Waals surface area contributed by atoms with E-state index in [1.54, 1.807) is 12.1 Å². The molecule has 1 heterocycles. The lowest BCUT2D eigenvalue weighted by Crippen LogP contribution is -2.13. The van der Waals surface area contributed by atoms with Gasteiger partial charge in [-0.15, -0.1) is 0 Å². The highest BCUT2D eigenvalue weighted by Crippen LogP contribution is 2.29. The highest BCUT2D eigenvalue weighted by atomic mass is 16.1. The molecule has 5 heteroatoms. The molecular formula is C28H22N4O. The van der Waals surface area contributed by atoms with Crippen LogP contribution in [-0.4, -0.2) is 15.5 Å². The molecule has 0 bridgehead atoms. The van der Waals surface area contributed by atoms with E-state index in [0.717, 1.165) is 22.6 Å². The molecule has 5 nitrogen and oxygen atoms in total. The van der Waals surface area contributed by atoms with E-state index in [2.05, 4.69) is 10.6 Å². The molecule has 2 N–H and O–H groups in total. The first-order valence-corrected chi connectivity index (χ1v) is 10.7. The molecule has 0 spiro atoms. The summed E-state index contributed by atoms with van der Waals surface area (Å²) in [5.41, 5.74) is 4.90. The minimum Gasteiger partial charge on any atom is -0.323 e. The number of anilines is 3. The molecule has 5 rings (SSSR count). The van der Waals surface area contributed by atoms with Crippen LogP contribution in [-0.2, 0) is 0 Å². The van der Waals surface area contributed by atoms with Gasteiger partial charge in [-0.3, -0.25) is 9.36 Å². The smallest absolute Gasteiger partial charge is 0.255 e. The molecule has 4 aromatic carbocycles. The predicted molar refractivity (Wildman–Crippen MR) is 133 cm³/mol. The highest BCUT2D eigenvalue weighted by molar-refractivity contribution is 6.06. The lowest BCUT2D eigenvalue weighted by Gasteiger charge is -2.14. The molecule has 33 heavy (non-hydrogen) atoms. The maximum absolute atomic E-state index is 12.7. The van der Waals surface area contributed by atoms with Gasteiger partial charge in [0.15, 0.2) is 0 Å². The van der Waals surface area contributed by atoms with Crippen LogP contribution >= 0.6 is 0 Å². The van der Waals surface area contributed by atoms with Gasteiger partial charge in [-0.05, 0) is 36.4 Å². The zero-order chi connectivity index (χ0) is 22.5. The van der Waals surface area contributed by atoms with E-state index in [1.807, 2.05) is 114 Å². The van der Waals surface area contributed by atoms with E-state index < -0.39 is 0 Å². The second kappa shape index (κ2) is 9.24. The summed E-state index contributed by atoms with van der Waals surface area (Å²) in [6.45, 7) is 0. The maximum atomic E-state index is 12.7. The van der Waals surface area contributed by atoms with Crippen LogP contribution in [0.25, 0.3) is 16.9 Å². The Kier molecular flexibility index (Phi) is 5.68. The number of hydrogen-bond donors (Lipinski definition) is 2. The van der Waals surface area contributed by atoms with Crippen LogP contribution in [0.1, 0.15) is 10.4 Å². The first-order chi connectivity index (χ1) is 16.3. The highest BCUT2D eigenvalue weighted by Gasteiger charge is 2.14. The van der Waals surface area contributed by atoms with E-state index in [-0.39, 0.29) is 5.91 Å². The van der Waals surface area contributed by atoms with Crippen molar-refractivity contribution in [3.8, 4) is 16.9 Å². The molecule has 0 fully saturated rings. The van der Waals surface area contributed by atoms with Gasteiger partial charge >= 0.3 is 0 Å². The van der Waals surface area contributed by atoms with E-state index >= 15 is 0 Å². The van der Waals surface area contributed by atoms with Crippen LogP contribution < -0.4 is 10.6 Å². The van der Waals surface area contributed by atoms with Crippen molar-refractivity contribution in [2.75, 3.05) is 10.6 Å². The Bertz CT molecular complexity index is 1360. The van der Waals surface area contributed by atoms with E-state index in [9.17, 15) is 4.79 Å². The number of nitrogens with zero attached hydrogens (tertiary/aromatic N) is 2. The lowest BCUT2D eigenvalue weighted by atomic mass is 10.2. The van der Waals surface area contributed by atoms with Crippen LogP contribution in [0.15, 0.2) is 121 Å². The quantitative estimate of drug-likeness (QED) is 0.322. The fourth-order valence-electron chi connectivity index (χ4n) is 3.61. The van der Waals surface area contributed by atoms with E-state index in [4.69, 9.17) is 4.98 Å². The van der Waals surface area contributed by atoms with Crippen molar-refractivity contribution < 1.29 is 4.79 Å². The van der Waals surface area contributed by atoms with Crippen LogP contribution in [0.3, 0.4) is 0 Å². The van der Waals surface area contributed by atoms with Gasteiger partial charge < -0.3 is 10.6 Å². The normalized spacial score (nSPS) is 10.5. The van der Waals surface area contributed by atoms with E-state index in [0.29, 0.717) is 17.2 Å². The monoisotopic (exact) mass is 430 g/mol. The zero-order valence-corrected chi connectivity index (χ0v) is 17.8. The number of hydrogen-bond acceptors (Lipinski definition) is 3. The molecule has 0 aliphatic heterocycles. The Hall–Kier alpha value is -4.64. The average molecular weight is 431 g/mol. The average Bonchev–Trinajstić information content (AvgIpc) is 3.30. The number of carbonyl (C=O) groups excluding carboxylic acids is 1. The van der Waals surface area contributed by atoms with Crippen molar-refractivity contribution in [2.45, 2.75) is 0 Å². The molecule has 1 amide bonds. The first kappa shape index (κ1) is 20.3. The molecule has 0 atom stereocenters. The fourth-order valence-corrected chi connectivity index (χ4v) is 3.61. The predicted octanol–water partition coefficient (Wildman–Crippen LogP) is 6.54. The van der Waals surface area contributed by atoms with Gasteiger partial charge in [0.2, 0.25) is 5.95 Å². The third kappa shape index (κ3) is 4.52. The van der Waals surface area contributed by atoms with Crippen LogP contribution in [0.4, 0.5) is 17.3 Å². The topological polar surface area (TPSA) is 59.0 Å². The SMILES string of the molecule is O=C(Nc1ccccc1Nc1nc(-c2ccccc2)cn1-c1ccccc1)c1ccccc1. The number of imidazole rings is 1. The summed E-state index contributed by atoms with van der Waals surface area (Å²) in [6.07, 6.45) is 2.01. The molecule has 1 aromatic heterocycles. The van der Waals surface area contributed by atoms with Gasteiger partial charge in [0.25, 0.3) is 5.91 Å². The summed E-state index contributed by atoms with van der Waals surface area (Å²) < 4.78 is 2.01. The summed E-state index contributed by atoms with van der Waals surface area (Å²) in [7, 11) is 0. The Morgan fingerprint density at radius 3 is 1.94 bits per heavy atom. The van der Waals surface area contributed by atoms with Crippen molar-refractivity contribution in [3.05, 3.63) is 127 Å².